The third kappa shape index (κ3) is 3.78. The maximum Gasteiger partial charge on any atom is 0.573 e. The minimum atomic E-state index is -4.93. The molecule has 0 saturated carbocycles. The summed E-state index contributed by atoms with van der Waals surface area (Å²) >= 11 is 5.57. The third-order valence-corrected chi connectivity index (χ3v) is 2.50. The van der Waals surface area contributed by atoms with Crippen LogP contribution < -0.4 is 4.74 Å². The van der Waals surface area contributed by atoms with E-state index in [0.29, 0.717) is 0 Å². The van der Waals surface area contributed by atoms with E-state index in [-0.39, 0.29) is 23.3 Å². The van der Waals surface area contributed by atoms with Crippen LogP contribution in [0.4, 0.5) is 13.2 Å². The smallest absolute Gasteiger partial charge is 0.462 e. The van der Waals surface area contributed by atoms with E-state index < -0.39 is 24.0 Å². The van der Waals surface area contributed by atoms with E-state index in [0.717, 1.165) is 12.1 Å². The van der Waals surface area contributed by atoms with Crippen molar-refractivity contribution in [3.63, 3.8) is 0 Å². The normalized spacial score (nSPS) is 10.8. The fourth-order valence-corrected chi connectivity index (χ4v) is 1.78. The number of nitrogens with zero attached hydrogens (tertiary/aromatic N) is 1. The van der Waals surface area contributed by atoms with Gasteiger partial charge in [0, 0.05) is 5.56 Å². The van der Waals surface area contributed by atoms with Crippen molar-refractivity contribution in [2.24, 2.45) is 0 Å². The van der Waals surface area contributed by atoms with Crippen molar-refractivity contribution in [1.29, 1.82) is 5.26 Å². The lowest BCUT2D eigenvalue weighted by atomic mass is 10.0. The Balaban J connectivity index is 3.41. The molecule has 0 atom stereocenters. The number of hydrogen-bond acceptors (Lipinski definition) is 4. The molecule has 0 aliphatic carbocycles. The molecule has 0 bridgehead atoms. The number of esters is 1. The van der Waals surface area contributed by atoms with E-state index in [1.807, 2.05) is 0 Å². The predicted molar refractivity (Wildman–Crippen MR) is 63.4 cm³/mol. The summed E-state index contributed by atoms with van der Waals surface area (Å²) in [5.41, 5.74) is -0.679. The van der Waals surface area contributed by atoms with Crippen LogP contribution in [0.15, 0.2) is 12.1 Å². The molecule has 1 aromatic carbocycles. The fourth-order valence-electron chi connectivity index (χ4n) is 1.51. The van der Waals surface area contributed by atoms with Crippen molar-refractivity contribution in [1.82, 2.24) is 0 Å². The quantitative estimate of drug-likeness (QED) is 0.632. The lowest BCUT2D eigenvalue weighted by Gasteiger charge is -2.15. The molecule has 1 rings (SSSR count). The van der Waals surface area contributed by atoms with Gasteiger partial charge in [-0.05, 0) is 19.1 Å². The number of halogens is 4. The van der Waals surface area contributed by atoms with Crippen LogP contribution in [0.25, 0.3) is 0 Å². The number of alkyl halides is 4. The van der Waals surface area contributed by atoms with Crippen LogP contribution in [0.5, 0.6) is 5.75 Å². The highest BCUT2D eigenvalue weighted by Gasteiger charge is 2.33. The summed E-state index contributed by atoms with van der Waals surface area (Å²) in [5, 5.41) is 8.92. The Labute approximate surface area is 117 Å². The van der Waals surface area contributed by atoms with Gasteiger partial charge in [0.05, 0.1) is 23.6 Å². The van der Waals surface area contributed by atoms with Gasteiger partial charge < -0.3 is 9.47 Å². The lowest BCUT2D eigenvalue weighted by Crippen LogP contribution is -2.19. The zero-order valence-corrected chi connectivity index (χ0v) is 11.0. The van der Waals surface area contributed by atoms with Crippen LogP contribution in [-0.2, 0) is 10.6 Å². The molecule has 0 spiro atoms. The number of carbonyl (C=O) groups is 1. The van der Waals surface area contributed by atoms with Crippen molar-refractivity contribution in [2.75, 3.05) is 6.61 Å². The molecule has 0 aromatic heterocycles. The second-order valence-corrected chi connectivity index (χ2v) is 3.75. The fraction of sp³-hybridized carbons (Fsp3) is 0.333. The van der Waals surface area contributed by atoms with Crippen molar-refractivity contribution in [2.45, 2.75) is 19.2 Å². The highest BCUT2D eigenvalue weighted by Crippen LogP contribution is 2.32. The molecule has 0 fully saturated rings. The van der Waals surface area contributed by atoms with Crippen LogP contribution in [0.2, 0.25) is 0 Å². The number of carbonyl (C=O) groups excluding carboxylic acids is 1. The molecular weight excluding hydrogens is 299 g/mol. The molecule has 8 heteroatoms. The molecule has 4 nitrogen and oxygen atoms in total. The number of benzene rings is 1. The maximum atomic E-state index is 12.3. The van der Waals surface area contributed by atoms with Gasteiger partial charge in [-0.25, -0.2) is 4.79 Å². The largest absolute Gasteiger partial charge is 0.573 e. The summed E-state index contributed by atoms with van der Waals surface area (Å²) in [6.07, 6.45) is -4.93. The van der Waals surface area contributed by atoms with Crippen LogP contribution in [0, 0.1) is 11.3 Å². The topological polar surface area (TPSA) is 59.3 Å². The summed E-state index contributed by atoms with van der Waals surface area (Å²) < 4.78 is 45.3. The van der Waals surface area contributed by atoms with Gasteiger partial charge in [0.2, 0.25) is 0 Å². The molecule has 0 saturated heterocycles. The van der Waals surface area contributed by atoms with Gasteiger partial charge in [-0.2, -0.15) is 5.26 Å². The van der Waals surface area contributed by atoms with Gasteiger partial charge in [-0.3, -0.25) is 0 Å². The van der Waals surface area contributed by atoms with Crippen LogP contribution in [-0.4, -0.2) is 18.9 Å². The average molecular weight is 308 g/mol. The highest BCUT2D eigenvalue weighted by atomic mass is 35.5. The Hall–Kier alpha value is -1.94. The van der Waals surface area contributed by atoms with Gasteiger partial charge in [-0.1, -0.05) is 0 Å². The lowest BCUT2D eigenvalue weighted by molar-refractivity contribution is -0.274. The van der Waals surface area contributed by atoms with Crippen molar-refractivity contribution in [3.8, 4) is 11.8 Å². The van der Waals surface area contributed by atoms with Crippen molar-refractivity contribution in [3.05, 3.63) is 28.8 Å². The Morgan fingerprint density at radius 2 is 2.10 bits per heavy atom. The molecule has 1 aromatic rings. The van der Waals surface area contributed by atoms with Gasteiger partial charge in [0.1, 0.15) is 11.8 Å². The summed E-state index contributed by atoms with van der Waals surface area (Å²) in [6, 6.07) is 3.69. The molecule has 108 valence electrons. The van der Waals surface area contributed by atoms with E-state index in [2.05, 4.69) is 4.74 Å². The van der Waals surface area contributed by atoms with E-state index in [4.69, 9.17) is 21.6 Å². The van der Waals surface area contributed by atoms with Gasteiger partial charge in [0.25, 0.3) is 0 Å². The Morgan fingerprint density at radius 1 is 1.45 bits per heavy atom. The Morgan fingerprint density at radius 3 is 2.55 bits per heavy atom. The highest BCUT2D eigenvalue weighted by molar-refractivity contribution is 6.18. The first-order valence-electron chi connectivity index (χ1n) is 5.38. The summed E-state index contributed by atoms with van der Waals surface area (Å²) in [6.45, 7) is 1.54. The molecule has 20 heavy (non-hydrogen) atoms. The van der Waals surface area contributed by atoms with Crippen molar-refractivity contribution < 1.29 is 27.4 Å². The molecule has 0 aliphatic rings. The van der Waals surface area contributed by atoms with E-state index >= 15 is 0 Å². The van der Waals surface area contributed by atoms with Crippen LogP contribution >= 0.6 is 11.6 Å². The second kappa shape index (κ2) is 6.48. The number of rotatable bonds is 4. The first kappa shape index (κ1) is 16.1. The van der Waals surface area contributed by atoms with E-state index in [1.54, 1.807) is 6.07 Å². The molecule has 0 aliphatic heterocycles. The zero-order valence-electron chi connectivity index (χ0n) is 10.3. The minimum Gasteiger partial charge on any atom is -0.462 e. The van der Waals surface area contributed by atoms with E-state index in [9.17, 15) is 18.0 Å². The molecular formula is C12H9ClF3NO3. The molecule has 0 amide bonds. The van der Waals surface area contributed by atoms with Crippen LogP contribution in [0.1, 0.15) is 28.4 Å². The zero-order chi connectivity index (χ0) is 15.3. The Kier molecular flexibility index (Phi) is 5.22. The monoisotopic (exact) mass is 307 g/mol. The van der Waals surface area contributed by atoms with Gasteiger partial charge in [0.15, 0.2) is 0 Å². The summed E-state index contributed by atoms with van der Waals surface area (Å²) in [7, 11) is 0. The average Bonchev–Trinajstić information content (AvgIpc) is 2.36. The maximum absolute atomic E-state index is 12.3. The predicted octanol–water partition coefficient (Wildman–Crippen LogP) is 3.37. The molecule has 0 unspecified atom stereocenters. The first-order valence-corrected chi connectivity index (χ1v) is 5.92. The summed E-state index contributed by atoms with van der Waals surface area (Å²) in [5.74, 6) is -1.99. The van der Waals surface area contributed by atoms with Crippen molar-refractivity contribution >= 4 is 17.6 Å². The molecule has 0 radical (unpaired) electrons. The summed E-state index contributed by atoms with van der Waals surface area (Å²) in [4.78, 5) is 11.8. The first-order chi connectivity index (χ1) is 9.34. The van der Waals surface area contributed by atoms with Crippen LogP contribution in [0.3, 0.4) is 0 Å². The molecule has 0 heterocycles. The number of ether oxygens (including phenoxy) is 2. The van der Waals surface area contributed by atoms with E-state index in [1.165, 1.54) is 6.92 Å². The number of nitriles is 1. The standard InChI is InChI=1S/C12H9ClF3NO3/c1-2-19-11(18)10-7(6-17)3-4-9(8(10)5-13)20-12(14,15)16/h3-4H,2,5H2,1H3. The second-order valence-electron chi connectivity index (χ2n) is 3.48. The Bertz CT molecular complexity index is 552. The minimum absolute atomic E-state index is 0.00971. The number of hydrogen-bond donors (Lipinski definition) is 0. The SMILES string of the molecule is CCOC(=O)c1c(C#N)ccc(OC(F)(F)F)c1CCl. The molecule has 0 N–H and O–H groups in total. The van der Waals surface area contributed by atoms with Gasteiger partial charge >= 0.3 is 12.3 Å². The third-order valence-electron chi connectivity index (χ3n) is 2.23. The van der Waals surface area contributed by atoms with Gasteiger partial charge in [-0.15, -0.1) is 24.8 Å².